The zero-order valence-corrected chi connectivity index (χ0v) is 47.7. The zero-order chi connectivity index (χ0) is 49.6. The highest BCUT2D eigenvalue weighted by Crippen LogP contribution is 2.40. The van der Waals surface area contributed by atoms with Gasteiger partial charge in [0.05, 0.1) is 105 Å². The average Bonchev–Trinajstić information content (AvgIpc) is 3.22. The first-order valence-electron chi connectivity index (χ1n) is 18.7. The summed E-state index contributed by atoms with van der Waals surface area (Å²) < 4.78 is 10.8. The lowest BCUT2D eigenvalue weighted by Gasteiger charge is -2.32. The molecule has 362 valence electrons. The van der Waals surface area contributed by atoms with Gasteiger partial charge < -0.3 is 76.3 Å². The number of nitrogens with one attached hydrogen (secondary N) is 4. The van der Waals surface area contributed by atoms with Crippen molar-refractivity contribution in [3.05, 3.63) is 43.7 Å². The van der Waals surface area contributed by atoms with Crippen molar-refractivity contribution in [2.75, 3.05) is 76.1 Å². The number of aliphatic hydroxyl groups is 7. The maximum absolute atomic E-state index is 14.0. The Kier molecular flexibility index (Phi) is 26.2. The van der Waals surface area contributed by atoms with E-state index in [1.165, 1.54) is 7.11 Å². The van der Waals surface area contributed by atoms with Gasteiger partial charge in [0.1, 0.15) is 6.61 Å². The van der Waals surface area contributed by atoms with Crippen LogP contribution in [-0.2, 0) is 23.9 Å². The first-order valence-corrected chi connectivity index (χ1v) is 25.2. The van der Waals surface area contributed by atoms with Gasteiger partial charge in [-0.05, 0) is 136 Å². The Balaban J connectivity index is 2.88. The highest BCUT2D eigenvalue weighted by Gasteiger charge is 2.36. The van der Waals surface area contributed by atoms with Crippen LogP contribution in [0.2, 0.25) is 0 Å². The largest absolute Gasteiger partial charge is 0.439 e. The molecule has 0 aliphatic carbocycles. The van der Waals surface area contributed by atoms with Crippen LogP contribution in [0, 0.1) is 21.4 Å². The van der Waals surface area contributed by atoms with Crippen LogP contribution in [0.25, 0.3) is 0 Å². The molecule has 22 nitrogen and oxygen atoms in total. The summed E-state index contributed by atoms with van der Waals surface area (Å²) >= 11 is 10.6. The van der Waals surface area contributed by atoms with Gasteiger partial charge in [-0.25, -0.2) is 0 Å². The van der Waals surface area contributed by atoms with E-state index in [4.69, 9.17) is 9.47 Å². The minimum absolute atomic E-state index is 0.0203. The molecule has 5 unspecified atom stereocenters. The number of esters is 1. The van der Waals surface area contributed by atoms with E-state index in [1.54, 1.807) is 136 Å². The van der Waals surface area contributed by atoms with Gasteiger partial charge in [0.2, 0.25) is 11.8 Å². The second-order valence-electron chi connectivity index (χ2n) is 13.7. The van der Waals surface area contributed by atoms with Crippen molar-refractivity contribution in [2.24, 2.45) is 0 Å². The molecule has 0 radical (unpaired) electrons. The van der Waals surface area contributed by atoms with Crippen LogP contribution >= 0.6 is 136 Å². The van der Waals surface area contributed by atoms with E-state index < -0.39 is 125 Å². The topological polar surface area (TPSA) is 334 Å². The Morgan fingerprint density at radius 2 is 0.831 bits per heavy atom. The fourth-order valence-corrected chi connectivity index (χ4v) is 15.0. The van der Waals surface area contributed by atoms with E-state index in [0.717, 1.165) is 30.6 Å². The third-order valence-electron chi connectivity index (χ3n) is 8.63. The molecule has 0 heterocycles. The molecule has 0 saturated carbocycles. The highest BCUT2D eigenvalue weighted by atomic mass is 127. The lowest BCUT2D eigenvalue weighted by atomic mass is 10.1. The molecule has 0 fully saturated rings. The number of halogens is 6. The summed E-state index contributed by atoms with van der Waals surface area (Å²) in [6, 6.07) is 0. The Bertz CT molecular complexity index is 2070. The monoisotopic (exact) mass is 1590 g/mol. The Morgan fingerprint density at radius 1 is 0.523 bits per heavy atom. The number of carbonyl (C=O) groups is 7. The lowest BCUT2D eigenvalue weighted by molar-refractivity contribution is -0.150. The molecule has 65 heavy (non-hydrogen) atoms. The second kappa shape index (κ2) is 28.5. The number of rotatable bonds is 23. The summed E-state index contributed by atoms with van der Waals surface area (Å²) in [7, 11) is 1.30. The number of ether oxygens (including phenoxy) is 2. The second-order valence-corrected chi connectivity index (χ2v) is 20.1. The number of anilines is 2. The summed E-state index contributed by atoms with van der Waals surface area (Å²) in [5.74, 6) is -5.45. The number of hydrogen-bond acceptors (Lipinski definition) is 16. The Hall–Kier alpha value is -1.21. The van der Waals surface area contributed by atoms with Gasteiger partial charge in [0, 0.05) is 54.7 Å². The Morgan fingerprint density at radius 3 is 1.09 bits per heavy atom. The van der Waals surface area contributed by atoms with E-state index in [9.17, 15) is 69.3 Å². The Labute approximate surface area is 454 Å². The SMILES string of the molecule is COCC(NC(=O)c1c(I)c(C(=O)NCC(O)CO)c(I)c(N(CC(O)CN(C(C)=O)c2c(I)c(C(=O)NCC(O)CO)c(I)c(C(=O)NCC(O)CO)c2I)C(C)=O)c1I)OC(C)=O. The third kappa shape index (κ3) is 16.4. The fraction of sp³-hybridized carbons (Fsp3) is 0.486. The number of benzene rings is 2. The van der Waals surface area contributed by atoms with E-state index >= 15 is 0 Å². The van der Waals surface area contributed by atoms with Crippen molar-refractivity contribution >= 4 is 188 Å². The van der Waals surface area contributed by atoms with Gasteiger partial charge >= 0.3 is 5.97 Å². The number of hydrogen-bond donors (Lipinski definition) is 11. The van der Waals surface area contributed by atoms with Crippen LogP contribution in [-0.4, -0.2) is 174 Å². The zero-order valence-electron chi connectivity index (χ0n) is 34.7. The summed E-state index contributed by atoms with van der Waals surface area (Å²) in [6.45, 7) is -1.26. The summed E-state index contributed by atoms with van der Waals surface area (Å²) in [5, 5.41) is 79.6. The molecule has 28 heteroatoms. The average molecular weight is 1590 g/mol. The van der Waals surface area contributed by atoms with E-state index in [1.807, 2.05) is 0 Å². The van der Waals surface area contributed by atoms with Crippen molar-refractivity contribution in [1.82, 2.24) is 21.3 Å². The van der Waals surface area contributed by atoms with Gasteiger partial charge in [-0.3, -0.25) is 33.6 Å². The molecule has 5 atom stereocenters. The predicted molar refractivity (Wildman–Crippen MR) is 282 cm³/mol. The molecule has 2 aromatic carbocycles. The van der Waals surface area contributed by atoms with E-state index in [2.05, 4.69) is 21.3 Å². The van der Waals surface area contributed by atoms with Crippen LogP contribution in [0.1, 0.15) is 62.2 Å². The minimum atomic E-state index is -1.64. The molecule has 0 saturated heterocycles. The van der Waals surface area contributed by atoms with Crippen LogP contribution in [0.5, 0.6) is 0 Å². The molecule has 6 amide bonds. The van der Waals surface area contributed by atoms with Gasteiger partial charge in [-0.15, -0.1) is 0 Å². The molecular formula is C37H46I6N6O16. The fourth-order valence-electron chi connectivity index (χ4n) is 5.57. The van der Waals surface area contributed by atoms with Crippen LogP contribution in [0.3, 0.4) is 0 Å². The number of aliphatic hydroxyl groups excluding tert-OH is 7. The van der Waals surface area contributed by atoms with Gasteiger partial charge in [-0.1, -0.05) is 0 Å². The molecule has 11 N–H and O–H groups in total. The van der Waals surface area contributed by atoms with Gasteiger partial charge in [-0.2, -0.15) is 0 Å². The van der Waals surface area contributed by atoms with Crippen molar-refractivity contribution in [1.29, 1.82) is 0 Å². The molecule has 0 aromatic heterocycles. The normalized spacial score (nSPS) is 13.4. The quantitative estimate of drug-likeness (QED) is 0.0383. The van der Waals surface area contributed by atoms with Gasteiger partial charge in [0.25, 0.3) is 23.6 Å². The minimum Gasteiger partial charge on any atom is -0.439 e. The summed E-state index contributed by atoms with van der Waals surface area (Å²) in [6.07, 6.45) is -6.95. The maximum Gasteiger partial charge on any atom is 0.304 e. The number of nitrogens with zero attached hydrogens (tertiary/aromatic N) is 2. The molecule has 0 spiro atoms. The van der Waals surface area contributed by atoms with Gasteiger partial charge in [0.15, 0.2) is 6.23 Å². The first-order chi connectivity index (χ1) is 30.4. The highest BCUT2D eigenvalue weighted by molar-refractivity contribution is 14.1. The smallest absolute Gasteiger partial charge is 0.304 e. The number of amides is 6. The molecule has 0 aliphatic rings. The van der Waals surface area contributed by atoms with Crippen molar-refractivity contribution in [3.8, 4) is 0 Å². The lowest BCUT2D eigenvalue weighted by Crippen LogP contribution is -2.46. The first kappa shape index (κ1) is 59.9. The van der Waals surface area contributed by atoms with E-state index in [-0.39, 0.29) is 61.7 Å². The maximum atomic E-state index is 14.0. The summed E-state index contributed by atoms with van der Waals surface area (Å²) in [4.78, 5) is 96.4. The van der Waals surface area contributed by atoms with E-state index in [0.29, 0.717) is 0 Å². The molecule has 2 aromatic rings. The summed E-state index contributed by atoms with van der Waals surface area (Å²) in [5.41, 5.74) is -0.611. The molecular weight excluding hydrogens is 1550 g/mol. The third-order valence-corrected chi connectivity index (χ3v) is 15.0. The van der Waals surface area contributed by atoms with Crippen LogP contribution in [0.15, 0.2) is 0 Å². The number of carbonyl (C=O) groups excluding carboxylic acids is 7. The van der Waals surface area contributed by atoms with Crippen LogP contribution < -0.4 is 31.1 Å². The number of methoxy groups -OCH3 is 1. The molecule has 2 rings (SSSR count). The van der Waals surface area contributed by atoms with Crippen molar-refractivity contribution in [2.45, 2.75) is 51.4 Å². The molecule has 0 bridgehead atoms. The van der Waals surface area contributed by atoms with Crippen LogP contribution in [0.4, 0.5) is 11.4 Å². The standard InChI is InChI=1S/C37H46I6N6O16/c1-14(53)48(32-28(40)22(34(60)44-5-17(56)10-50)26(38)23(29(32)41)35(61)45-6-18(57)11-51)8-20(59)9-49(15(2)54)33-30(42)24(36(62)46-7-19(58)12-52)27(39)25(31(33)43)37(63)47-21(13-64-4)65-16(3)55/h17-21,50-52,56-59H,5-13H2,1-4H3,(H,44,60)(H,45,61)(H,46,62)(H,47,63). The van der Waals surface area contributed by atoms with Crippen molar-refractivity contribution < 1.29 is 78.8 Å². The predicted octanol–water partition coefficient (Wildman–Crippen LogP) is -0.404. The molecule has 0 aliphatic heterocycles. The van der Waals surface area contributed by atoms with Crippen molar-refractivity contribution in [3.63, 3.8) is 0 Å².